The molecule has 0 aliphatic rings. The second-order valence-corrected chi connectivity index (χ2v) is 22.9. The minimum atomic E-state index is -2.13. The first-order chi connectivity index (χ1) is 10.7. The molecule has 1 amide bonds. The van der Waals surface area contributed by atoms with E-state index in [9.17, 15) is 4.79 Å². The molecule has 2 aromatic rings. The number of amides is 1. The molecule has 0 aromatic carbocycles. The number of nitrogens with one attached hydrogen (secondary N) is 1. The molecule has 0 radical (unpaired) electrons. The summed E-state index contributed by atoms with van der Waals surface area (Å²) >= 11 is 1.09. The van der Waals surface area contributed by atoms with E-state index >= 15 is 0 Å². The summed E-state index contributed by atoms with van der Waals surface area (Å²) in [7, 11) is 0. The van der Waals surface area contributed by atoms with Crippen molar-refractivity contribution in [3.8, 4) is 10.7 Å². The number of hydrogen-bond acceptors (Lipinski definition) is 6. The van der Waals surface area contributed by atoms with Gasteiger partial charge in [-0.1, -0.05) is 0 Å². The van der Waals surface area contributed by atoms with E-state index in [0.717, 1.165) is 15.7 Å². The molecule has 3 N–H and O–H groups in total. The molecule has 2 heterocycles. The van der Waals surface area contributed by atoms with Crippen LogP contribution in [0.15, 0.2) is 10.8 Å². The van der Waals surface area contributed by atoms with E-state index < -0.39 is 18.4 Å². The summed E-state index contributed by atoms with van der Waals surface area (Å²) in [6.07, 6.45) is 0. The van der Waals surface area contributed by atoms with Gasteiger partial charge in [-0.25, -0.2) is 0 Å². The second-order valence-electron chi connectivity index (χ2n) is 6.85. The molecule has 0 saturated heterocycles. The van der Waals surface area contributed by atoms with Crippen LogP contribution in [0.25, 0.3) is 10.7 Å². The monoisotopic (exact) mass is 460 g/mol. The van der Waals surface area contributed by atoms with Gasteiger partial charge >= 0.3 is 150 Å². The van der Waals surface area contributed by atoms with Crippen molar-refractivity contribution in [2.24, 2.45) is 11.7 Å². The van der Waals surface area contributed by atoms with E-state index in [1.807, 2.05) is 5.38 Å². The number of rotatable bonds is 6. The van der Waals surface area contributed by atoms with Crippen LogP contribution in [0.2, 0.25) is 14.8 Å². The van der Waals surface area contributed by atoms with Crippen molar-refractivity contribution >= 4 is 50.7 Å². The Kier molecular flexibility index (Phi) is 6.21. The topological polar surface area (TPSA) is 80.9 Å². The summed E-state index contributed by atoms with van der Waals surface area (Å²) < 4.78 is 1.28. The Balaban J connectivity index is 2.25. The molecule has 1 atom stereocenters. The van der Waals surface area contributed by atoms with Crippen molar-refractivity contribution in [3.05, 3.63) is 15.8 Å². The molecule has 126 valence electrons. The maximum atomic E-state index is 11.6. The third-order valence-corrected chi connectivity index (χ3v) is 11.0. The first-order valence-electron chi connectivity index (χ1n) is 7.63. The molecule has 5 nitrogen and oxygen atoms in total. The fourth-order valence-electron chi connectivity index (χ4n) is 2.01. The van der Waals surface area contributed by atoms with Gasteiger partial charge in [0, 0.05) is 0 Å². The van der Waals surface area contributed by atoms with Crippen molar-refractivity contribution in [2.75, 3.05) is 6.54 Å². The van der Waals surface area contributed by atoms with Gasteiger partial charge in [0.05, 0.1) is 0 Å². The van der Waals surface area contributed by atoms with Crippen LogP contribution in [0.3, 0.4) is 0 Å². The van der Waals surface area contributed by atoms with Crippen LogP contribution >= 0.6 is 22.7 Å². The molecule has 0 aliphatic heterocycles. The molecule has 23 heavy (non-hydrogen) atoms. The van der Waals surface area contributed by atoms with Crippen LogP contribution in [0.4, 0.5) is 0 Å². The molecule has 0 bridgehead atoms. The molecule has 0 unspecified atom stereocenters. The van der Waals surface area contributed by atoms with Crippen molar-refractivity contribution in [1.29, 1.82) is 0 Å². The van der Waals surface area contributed by atoms with Gasteiger partial charge in [-0.3, -0.25) is 0 Å². The standard InChI is InChI=1S/C12H15N4OS2.3CH3.Sn/c1-7(2)10(16-9(17)5-13)12-15-8(6-19-12)11-14-3-4-18-11;;;;/h4,6-7,10H,5,13H2,1-2H3,(H,16,17);3*1H3;/t10-;;;;/m0..../s1. The number of thiazole rings is 2. The van der Waals surface area contributed by atoms with Crippen molar-refractivity contribution in [1.82, 2.24) is 15.3 Å². The number of hydrogen-bond donors (Lipinski definition) is 2. The molecular formula is C15H24N4OS2Sn. The summed E-state index contributed by atoms with van der Waals surface area (Å²) in [6, 6.07) is -0.106. The quantitative estimate of drug-likeness (QED) is 0.651. The Labute approximate surface area is 149 Å². The number of carbonyl (C=O) groups excluding carboxylic acids is 1. The molecule has 2 rings (SSSR count). The molecule has 0 saturated carbocycles. The zero-order valence-electron chi connectivity index (χ0n) is 14.2. The molecule has 0 aliphatic carbocycles. The molecule has 8 heteroatoms. The van der Waals surface area contributed by atoms with E-state index in [1.54, 1.807) is 22.7 Å². The van der Waals surface area contributed by atoms with E-state index in [2.05, 4.69) is 39.4 Å². The Morgan fingerprint density at radius 2 is 1.96 bits per heavy atom. The van der Waals surface area contributed by atoms with Crippen molar-refractivity contribution in [3.63, 3.8) is 0 Å². The normalized spacial score (nSPS) is 13.3. The van der Waals surface area contributed by atoms with Crippen molar-refractivity contribution < 1.29 is 4.79 Å². The Morgan fingerprint density at radius 3 is 2.48 bits per heavy atom. The summed E-state index contributed by atoms with van der Waals surface area (Å²) in [6.45, 7) is 4.13. The summed E-state index contributed by atoms with van der Waals surface area (Å²) in [5, 5.41) is 9.05. The summed E-state index contributed by atoms with van der Waals surface area (Å²) in [5.74, 6) is 0.0981. The van der Waals surface area contributed by atoms with Gasteiger partial charge in [0.2, 0.25) is 0 Å². The molecule has 0 fully saturated rings. The van der Waals surface area contributed by atoms with E-state index in [4.69, 9.17) is 15.7 Å². The molecule has 0 spiro atoms. The van der Waals surface area contributed by atoms with E-state index in [1.165, 1.54) is 3.71 Å². The van der Waals surface area contributed by atoms with Crippen LogP contribution in [0, 0.1) is 5.92 Å². The maximum absolute atomic E-state index is 11.6. The second kappa shape index (κ2) is 7.58. The average Bonchev–Trinajstić information content (AvgIpc) is 3.11. The van der Waals surface area contributed by atoms with Crippen LogP contribution in [-0.4, -0.2) is 40.8 Å². The van der Waals surface area contributed by atoms with Crippen LogP contribution in [-0.2, 0) is 4.79 Å². The van der Waals surface area contributed by atoms with Gasteiger partial charge in [0.1, 0.15) is 0 Å². The van der Waals surface area contributed by atoms with Crippen LogP contribution in [0.5, 0.6) is 0 Å². The third-order valence-electron chi connectivity index (χ3n) is 3.45. The fourth-order valence-corrected chi connectivity index (χ4v) is 9.16. The Morgan fingerprint density at radius 1 is 1.26 bits per heavy atom. The van der Waals surface area contributed by atoms with Gasteiger partial charge in [-0.15, -0.1) is 0 Å². The molecular weight excluding hydrogens is 435 g/mol. The minimum absolute atomic E-state index is 0.00409. The summed E-state index contributed by atoms with van der Waals surface area (Å²) in [5.41, 5.74) is 6.31. The third kappa shape index (κ3) is 4.74. The molecule has 2 aromatic heterocycles. The zero-order chi connectivity index (χ0) is 17.2. The summed E-state index contributed by atoms with van der Waals surface area (Å²) in [4.78, 5) is 28.2. The number of nitrogens with two attached hydrogens (primary N) is 1. The first kappa shape index (κ1) is 18.8. The van der Waals surface area contributed by atoms with Crippen LogP contribution < -0.4 is 14.8 Å². The predicted octanol–water partition coefficient (Wildman–Crippen LogP) is 2.58. The number of aromatic nitrogens is 2. The number of nitrogens with zero attached hydrogens (tertiary/aromatic N) is 2. The van der Waals surface area contributed by atoms with Gasteiger partial charge < -0.3 is 0 Å². The van der Waals surface area contributed by atoms with Gasteiger partial charge in [-0.05, 0) is 0 Å². The van der Waals surface area contributed by atoms with Crippen molar-refractivity contribution in [2.45, 2.75) is 34.7 Å². The Bertz CT molecular complexity index is 675. The Hall–Kier alpha value is -0.511. The van der Waals surface area contributed by atoms with Gasteiger partial charge in [0.15, 0.2) is 0 Å². The zero-order valence-corrected chi connectivity index (χ0v) is 18.7. The fraction of sp³-hybridized carbons (Fsp3) is 0.533. The SMILES string of the molecule is CC(C)[C@H](NC(=O)CN)c1nc(-c2n[c]([Sn]([CH3])([CH3])[CH3])cs2)cs1. The average molecular weight is 459 g/mol. The van der Waals surface area contributed by atoms with E-state index in [-0.39, 0.29) is 24.4 Å². The predicted molar refractivity (Wildman–Crippen MR) is 101 cm³/mol. The number of carbonyl (C=O) groups is 1. The first-order valence-corrected chi connectivity index (χ1v) is 19.4. The van der Waals surface area contributed by atoms with Gasteiger partial charge in [-0.2, -0.15) is 0 Å². The van der Waals surface area contributed by atoms with Gasteiger partial charge in [0.25, 0.3) is 0 Å². The van der Waals surface area contributed by atoms with Crippen LogP contribution in [0.1, 0.15) is 24.9 Å². The van der Waals surface area contributed by atoms with E-state index in [0.29, 0.717) is 0 Å².